The summed E-state index contributed by atoms with van der Waals surface area (Å²) < 4.78 is 48.2. The quantitative estimate of drug-likeness (QED) is 0.261. The number of aliphatic carboxylic acids is 1. The molecule has 2 amide bonds. The number of ether oxygens (including phenoxy) is 2. The van der Waals surface area contributed by atoms with E-state index in [0.29, 0.717) is 44.7 Å². The summed E-state index contributed by atoms with van der Waals surface area (Å²) in [7, 11) is 0. The minimum Gasteiger partial charge on any atom is -0.492 e. The van der Waals surface area contributed by atoms with Crippen LogP contribution in [0.25, 0.3) is 0 Å². The third-order valence-corrected chi connectivity index (χ3v) is 5.83. The average molecular weight is 539 g/mol. The van der Waals surface area contributed by atoms with E-state index in [-0.39, 0.29) is 32.0 Å². The summed E-state index contributed by atoms with van der Waals surface area (Å²) in [5.41, 5.74) is 1.88. The van der Waals surface area contributed by atoms with Crippen molar-refractivity contribution in [3.05, 3.63) is 65.7 Å². The number of amides is 2. The standard InChI is InChI=1S/C28H37F3N2O5/c1-2-37-25(26(34)35)21-23-11-13-24(14-12-23)38-20-19-33(18-8-4-7-16-28(29,30)31)27(36)32-17-15-22-9-5-3-6-10-22/h3,5-6,9-14,25H,2,4,7-8,15-21H2,1H3,(H,32,36)(H,34,35). The molecule has 210 valence electrons. The number of rotatable bonds is 17. The van der Waals surface area contributed by atoms with E-state index < -0.39 is 24.7 Å². The van der Waals surface area contributed by atoms with E-state index in [0.717, 1.165) is 11.1 Å². The van der Waals surface area contributed by atoms with Crippen molar-refractivity contribution in [2.45, 2.75) is 57.7 Å². The van der Waals surface area contributed by atoms with Crippen molar-refractivity contribution in [1.29, 1.82) is 0 Å². The molecule has 0 radical (unpaired) electrons. The minimum atomic E-state index is -4.17. The first kappa shape index (κ1) is 31.0. The summed E-state index contributed by atoms with van der Waals surface area (Å²) in [5.74, 6) is -0.459. The van der Waals surface area contributed by atoms with Crippen LogP contribution in [0.3, 0.4) is 0 Å². The van der Waals surface area contributed by atoms with E-state index in [1.165, 1.54) is 0 Å². The van der Waals surface area contributed by atoms with Crippen molar-refractivity contribution < 1.29 is 37.3 Å². The molecular formula is C28H37F3N2O5. The number of alkyl halides is 3. The number of urea groups is 1. The maximum Gasteiger partial charge on any atom is 0.389 e. The van der Waals surface area contributed by atoms with Gasteiger partial charge in [-0.25, -0.2) is 9.59 Å². The second kappa shape index (κ2) is 16.5. The predicted molar refractivity (Wildman–Crippen MR) is 138 cm³/mol. The summed E-state index contributed by atoms with van der Waals surface area (Å²) in [5, 5.41) is 12.1. The Morgan fingerprint density at radius 1 is 0.974 bits per heavy atom. The molecule has 0 heterocycles. The Labute approximate surface area is 221 Å². The Morgan fingerprint density at radius 2 is 1.68 bits per heavy atom. The number of hydrogen-bond acceptors (Lipinski definition) is 4. The monoisotopic (exact) mass is 538 g/mol. The van der Waals surface area contributed by atoms with Crippen LogP contribution in [0.5, 0.6) is 5.75 Å². The highest BCUT2D eigenvalue weighted by atomic mass is 19.4. The molecule has 38 heavy (non-hydrogen) atoms. The van der Waals surface area contributed by atoms with Crippen LogP contribution in [-0.2, 0) is 22.4 Å². The first-order valence-corrected chi connectivity index (χ1v) is 12.9. The zero-order valence-electron chi connectivity index (χ0n) is 21.7. The fourth-order valence-corrected chi connectivity index (χ4v) is 3.82. The number of carbonyl (C=O) groups is 2. The Kier molecular flexibility index (Phi) is 13.5. The molecule has 7 nitrogen and oxygen atoms in total. The van der Waals surface area contributed by atoms with Crippen molar-refractivity contribution in [2.24, 2.45) is 0 Å². The third kappa shape index (κ3) is 12.8. The predicted octanol–water partition coefficient (Wildman–Crippen LogP) is 5.47. The van der Waals surface area contributed by atoms with Crippen LogP contribution in [0.4, 0.5) is 18.0 Å². The molecule has 0 fully saturated rings. The fourth-order valence-electron chi connectivity index (χ4n) is 3.82. The van der Waals surface area contributed by atoms with Gasteiger partial charge < -0.3 is 24.8 Å². The van der Waals surface area contributed by atoms with E-state index in [1.807, 2.05) is 30.3 Å². The highest BCUT2D eigenvalue weighted by molar-refractivity contribution is 5.74. The van der Waals surface area contributed by atoms with Gasteiger partial charge in [0.1, 0.15) is 12.4 Å². The molecule has 0 aliphatic carbocycles. The third-order valence-electron chi connectivity index (χ3n) is 5.83. The van der Waals surface area contributed by atoms with Crippen LogP contribution in [0.2, 0.25) is 0 Å². The second-order valence-corrected chi connectivity index (χ2v) is 8.86. The van der Waals surface area contributed by atoms with Crippen molar-refractivity contribution in [3.8, 4) is 5.75 Å². The molecule has 10 heteroatoms. The molecule has 0 bridgehead atoms. The number of hydrogen-bond donors (Lipinski definition) is 2. The van der Waals surface area contributed by atoms with Gasteiger partial charge in [-0.3, -0.25) is 0 Å². The first-order chi connectivity index (χ1) is 18.2. The van der Waals surface area contributed by atoms with Crippen molar-refractivity contribution in [1.82, 2.24) is 10.2 Å². The lowest BCUT2D eigenvalue weighted by Gasteiger charge is -2.23. The summed E-state index contributed by atoms with van der Waals surface area (Å²) in [6, 6.07) is 16.4. The number of carboxylic acids is 1. The van der Waals surface area contributed by atoms with Gasteiger partial charge in [-0.2, -0.15) is 13.2 Å². The summed E-state index contributed by atoms with van der Waals surface area (Å²) in [6.07, 6.45) is -4.16. The molecule has 0 aliphatic heterocycles. The SMILES string of the molecule is CCOC(Cc1ccc(OCCN(CCCCCC(F)(F)F)C(=O)NCCc2ccccc2)cc1)C(=O)O. The van der Waals surface area contributed by atoms with Crippen molar-refractivity contribution >= 4 is 12.0 Å². The highest BCUT2D eigenvalue weighted by Crippen LogP contribution is 2.22. The van der Waals surface area contributed by atoms with Gasteiger partial charge in [0.2, 0.25) is 0 Å². The van der Waals surface area contributed by atoms with E-state index >= 15 is 0 Å². The molecule has 2 rings (SSSR count). The summed E-state index contributed by atoms with van der Waals surface area (Å²) in [6.45, 7) is 3.27. The van der Waals surface area contributed by atoms with E-state index in [4.69, 9.17) is 9.47 Å². The van der Waals surface area contributed by atoms with Crippen LogP contribution < -0.4 is 10.1 Å². The van der Waals surface area contributed by atoms with Crippen molar-refractivity contribution in [2.75, 3.05) is 32.8 Å². The largest absolute Gasteiger partial charge is 0.492 e. The van der Waals surface area contributed by atoms with Gasteiger partial charge in [-0.05, 0) is 49.4 Å². The molecule has 1 unspecified atom stereocenters. The van der Waals surface area contributed by atoms with Gasteiger partial charge in [0, 0.05) is 32.5 Å². The number of carbonyl (C=O) groups excluding carboxylic acids is 1. The zero-order valence-corrected chi connectivity index (χ0v) is 21.7. The maximum atomic E-state index is 12.8. The fraction of sp³-hybridized carbons (Fsp3) is 0.500. The smallest absolute Gasteiger partial charge is 0.389 e. The maximum absolute atomic E-state index is 12.8. The molecule has 0 spiro atoms. The minimum absolute atomic E-state index is 0.0296. The highest BCUT2D eigenvalue weighted by Gasteiger charge is 2.26. The lowest BCUT2D eigenvalue weighted by molar-refractivity contribution is -0.150. The van der Waals surface area contributed by atoms with E-state index in [9.17, 15) is 27.9 Å². The van der Waals surface area contributed by atoms with Gasteiger partial charge in [0.05, 0.1) is 6.54 Å². The molecule has 1 atom stereocenters. The topological polar surface area (TPSA) is 88.1 Å². The lowest BCUT2D eigenvalue weighted by Crippen LogP contribution is -2.43. The average Bonchev–Trinajstić information content (AvgIpc) is 2.88. The number of unbranched alkanes of at least 4 members (excludes halogenated alkanes) is 2. The number of benzene rings is 2. The lowest BCUT2D eigenvalue weighted by atomic mass is 10.1. The molecule has 0 saturated carbocycles. The van der Waals surface area contributed by atoms with Crippen LogP contribution in [0.15, 0.2) is 54.6 Å². The molecule has 2 aromatic rings. The van der Waals surface area contributed by atoms with Gasteiger partial charge >= 0.3 is 18.2 Å². The Morgan fingerprint density at radius 3 is 2.32 bits per heavy atom. The molecular weight excluding hydrogens is 501 g/mol. The van der Waals surface area contributed by atoms with Crippen LogP contribution in [-0.4, -0.2) is 67.1 Å². The number of nitrogens with one attached hydrogen (secondary N) is 1. The van der Waals surface area contributed by atoms with Crippen LogP contribution >= 0.6 is 0 Å². The Balaban J connectivity index is 1.85. The first-order valence-electron chi connectivity index (χ1n) is 12.9. The molecule has 0 aromatic heterocycles. The number of halogens is 3. The molecule has 0 saturated heterocycles. The van der Waals surface area contributed by atoms with Gasteiger partial charge in [0.25, 0.3) is 0 Å². The zero-order chi connectivity index (χ0) is 27.8. The van der Waals surface area contributed by atoms with Crippen LogP contribution in [0, 0.1) is 0 Å². The molecule has 2 N–H and O–H groups in total. The van der Waals surface area contributed by atoms with Gasteiger partial charge in [0.15, 0.2) is 6.10 Å². The summed E-state index contributed by atoms with van der Waals surface area (Å²) in [4.78, 5) is 25.6. The Hall–Kier alpha value is -3.27. The molecule has 0 aliphatic rings. The van der Waals surface area contributed by atoms with E-state index in [1.54, 1.807) is 36.1 Å². The van der Waals surface area contributed by atoms with Crippen molar-refractivity contribution in [3.63, 3.8) is 0 Å². The van der Waals surface area contributed by atoms with Crippen LogP contribution in [0.1, 0.15) is 43.7 Å². The summed E-state index contributed by atoms with van der Waals surface area (Å²) >= 11 is 0. The van der Waals surface area contributed by atoms with Gasteiger partial charge in [-0.1, -0.05) is 48.9 Å². The second-order valence-electron chi connectivity index (χ2n) is 8.86. The number of nitrogens with zero attached hydrogens (tertiary/aromatic N) is 1. The normalized spacial score (nSPS) is 12.1. The number of carboxylic acid groups (broad SMARTS) is 1. The van der Waals surface area contributed by atoms with E-state index in [2.05, 4.69) is 5.32 Å². The Bertz CT molecular complexity index is 955. The molecule has 2 aromatic carbocycles. The van der Waals surface area contributed by atoms with Gasteiger partial charge in [-0.15, -0.1) is 0 Å².